The first-order valence-electron chi connectivity index (χ1n) is 5.88. The third-order valence-corrected chi connectivity index (χ3v) is 5.16. The van der Waals surface area contributed by atoms with Crippen LogP contribution in [-0.4, -0.2) is 0 Å². The number of hydrogen-bond acceptors (Lipinski definition) is 1. The van der Waals surface area contributed by atoms with Gasteiger partial charge in [0.2, 0.25) is 0 Å². The highest BCUT2D eigenvalue weighted by molar-refractivity contribution is 5.24. The van der Waals surface area contributed by atoms with Crippen LogP contribution in [0.3, 0.4) is 0 Å². The van der Waals surface area contributed by atoms with Crippen molar-refractivity contribution >= 4 is 0 Å². The Bertz CT molecular complexity index is 325. The van der Waals surface area contributed by atoms with Gasteiger partial charge < -0.3 is 0 Å². The molecule has 0 N–H and O–H groups in total. The Balaban J connectivity index is 2.01. The first kappa shape index (κ1) is 8.53. The van der Waals surface area contributed by atoms with Gasteiger partial charge in [0.15, 0.2) is 0 Å². The molecule has 14 heavy (non-hydrogen) atoms. The van der Waals surface area contributed by atoms with E-state index in [1.54, 1.807) is 0 Å². The van der Waals surface area contributed by atoms with Crippen LogP contribution in [0, 0.1) is 28.1 Å². The van der Waals surface area contributed by atoms with Crippen molar-refractivity contribution in [3.63, 3.8) is 0 Å². The quantitative estimate of drug-likeness (QED) is 0.533. The molecule has 0 aliphatic heterocycles. The fourth-order valence-corrected chi connectivity index (χ4v) is 4.34. The van der Waals surface area contributed by atoms with Crippen molar-refractivity contribution in [3.05, 3.63) is 12.2 Å². The maximum Gasteiger partial charge on any atom is 0.0662 e. The Morgan fingerprint density at radius 2 is 1.93 bits per heavy atom. The Morgan fingerprint density at radius 3 is 2.79 bits per heavy atom. The number of nitrogens with zero attached hydrogens (tertiary/aromatic N) is 1. The van der Waals surface area contributed by atoms with Gasteiger partial charge in [0.05, 0.1) is 12.0 Å². The average Bonchev–Trinajstić information content (AvgIpc) is 2.21. The monoisotopic (exact) mass is 187 g/mol. The molecule has 0 aromatic heterocycles. The summed E-state index contributed by atoms with van der Waals surface area (Å²) in [5.41, 5.74) is 0.967. The van der Waals surface area contributed by atoms with E-state index in [0.717, 1.165) is 0 Å². The van der Waals surface area contributed by atoms with Crippen LogP contribution in [0.25, 0.3) is 0 Å². The second-order valence-electron chi connectivity index (χ2n) is 5.41. The third kappa shape index (κ3) is 0.764. The molecule has 2 fully saturated rings. The molecule has 74 valence electrons. The topological polar surface area (TPSA) is 23.8 Å². The summed E-state index contributed by atoms with van der Waals surface area (Å²) in [5.74, 6) is 0.368. The van der Waals surface area contributed by atoms with Crippen LogP contribution >= 0.6 is 0 Å². The fourth-order valence-electron chi connectivity index (χ4n) is 4.34. The van der Waals surface area contributed by atoms with E-state index in [0.29, 0.717) is 16.7 Å². The summed E-state index contributed by atoms with van der Waals surface area (Å²) in [6, 6.07) is 2.55. The van der Waals surface area contributed by atoms with Crippen LogP contribution in [0.15, 0.2) is 12.2 Å². The molecule has 0 unspecified atom stereocenters. The van der Waals surface area contributed by atoms with E-state index in [2.05, 4.69) is 18.2 Å². The van der Waals surface area contributed by atoms with E-state index in [-0.39, 0.29) is 0 Å². The number of nitriles is 1. The molecule has 3 aliphatic carbocycles. The molecule has 3 rings (SSSR count). The van der Waals surface area contributed by atoms with Crippen molar-refractivity contribution in [2.75, 3.05) is 0 Å². The average molecular weight is 187 g/mol. The van der Waals surface area contributed by atoms with E-state index in [9.17, 15) is 5.26 Å². The van der Waals surface area contributed by atoms with Crippen LogP contribution < -0.4 is 0 Å². The Morgan fingerprint density at radius 1 is 1.14 bits per heavy atom. The highest BCUT2D eigenvalue weighted by Crippen LogP contribution is 2.72. The number of rotatable bonds is 0. The normalized spacial score (nSPS) is 49.8. The lowest BCUT2D eigenvalue weighted by atomic mass is 9.36. The minimum atomic E-state index is 0.368. The summed E-state index contributed by atoms with van der Waals surface area (Å²) in [5, 5.41) is 9.18. The van der Waals surface area contributed by atoms with Crippen molar-refractivity contribution in [2.45, 2.75) is 44.9 Å². The lowest BCUT2D eigenvalue weighted by Gasteiger charge is -2.66. The maximum absolute atomic E-state index is 9.18. The predicted octanol–water partition coefficient (Wildman–Crippen LogP) is 3.43. The van der Waals surface area contributed by atoms with Gasteiger partial charge in [-0.3, -0.25) is 0 Å². The van der Waals surface area contributed by atoms with Gasteiger partial charge in [-0.1, -0.05) is 25.0 Å². The van der Waals surface area contributed by atoms with Crippen molar-refractivity contribution in [1.82, 2.24) is 0 Å². The second-order valence-corrected chi connectivity index (χ2v) is 5.41. The SMILES string of the molecule is N#C[C@H]1C[C@@]23CC=CC[C@@]12CCCC3. The van der Waals surface area contributed by atoms with Crippen LogP contribution in [0.2, 0.25) is 0 Å². The molecule has 1 nitrogen and oxygen atoms in total. The highest BCUT2D eigenvalue weighted by atomic mass is 14.7. The molecular weight excluding hydrogens is 170 g/mol. The highest BCUT2D eigenvalue weighted by Gasteiger charge is 2.65. The molecule has 2 saturated carbocycles. The van der Waals surface area contributed by atoms with E-state index in [4.69, 9.17) is 0 Å². The Hall–Kier alpha value is -0.770. The molecule has 0 spiro atoms. The van der Waals surface area contributed by atoms with E-state index in [1.807, 2.05) is 0 Å². The fraction of sp³-hybridized carbons (Fsp3) is 0.769. The lowest BCUT2D eigenvalue weighted by molar-refractivity contribution is -0.155. The van der Waals surface area contributed by atoms with Crippen LogP contribution in [-0.2, 0) is 0 Å². The summed E-state index contributed by atoms with van der Waals surface area (Å²) in [6.45, 7) is 0. The molecular formula is C13H17N. The van der Waals surface area contributed by atoms with E-state index < -0.39 is 0 Å². The van der Waals surface area contributed by atoms with Crippen LogP contribution in [0.5, 0.6) is 0 Å². The Labute approximate surface area is 85.8 Å². The molecule has 3 atom stereocenters. The number of allylic oxidation sites excluding steroid dienone is 2. The van der Waals surface area contributed by atoms with Crippen LogP contribution in [0.4, 0.5) is 0 Å². The van der Waals surface area contributed by atoms with Gasteiger partial charge in [-0.05, 0) is 42.9 Å². The summed E-state index contributed by atoms with van der Waals surface area (Å²) in [6.07, 6.45) is 13.8. The molecule has 3 aliphatic rings. The maximum atomic E-state index is 9.18. The van der Waals surface area contributed by atoms with Crippen molar-refractivity contribution in [1.29, 1.82) is 5.26 Å². The third-order valence-electron chi connectivity index (χ3n) is 5.16. The zero-order chi connectivity index (χ0) is 9.65. The first-order valence-corrected chi connectivity index (χ1v) is 5.88. The predicted molar refractivity (Wildman–Crippen MR) is 55.4 cm³/mol. The molecule has 0 aromatic carbocycles. The van der Waals surface area contributed by atoms with Crippen molar-refractivity contribution in [2.24, 2.45) is 16.7 Å². The second kappa shape index (κ2) is 2.63. The summed E-state index contributed by atoms with van der Waals surface area (Å²) in [7, 11) is 0. The van der Waals surface area contributed by atoms with Gasteiger partial charge in [0.25, 0.3) is 0 Å². The first-order chi connectivity index (χ1) is 6.83. The molecule has 0 saturated heterocycles. The standard InChI is InChI=1S/C13H17N/c14-10-11-9-12-5-1-3-7-13(11,12)8-4-2-6-12/h1,3,11H,2,4-9H2/t11-,12+,13-/m1/s1. The van der Waals surface area contributed by atoms with E-state index in [1.165, 1.54) is 44.9 Å². The van der Waals surface area contributed by atoms with Crippen molar-refractivity contribution < 1.29 is 0 Å². The molecule has 0 amide bonds. The summed E-state index contributed by atoms with van der Waals surface area (Å²) < 4.78 is 0. The molecule has 1 heteroatoms. The van der Waals surface area contributed by atoms with Gasteiger partial charge in [-0.25, -0.2) is 0 Å². The number of hydrogen-bond donors (Lipinski definition) is 0. The largest absolute Gasteiger partial charge is 0.198 e. The van der Waals surface area contributed by atoms with Gasteiger partial charge in [0, 0.05) is 0 Å². The minimum absolute atomic E-state index is 0.368. The minimum Gasteiger partial charge on any atom is -0.198 e. The Kier molecular flexibility index (Phi) is 1.60. The summed E-state index contributed by atoms with van der Waals surface area (Å²) >= 11 is 0. The van der Waals surface area contributed by atoms with E-state index >= 15 is 0 Å². The smallest absolute Gasteiger partial charge is 0.0662 e. The zero-order valence-corrected chi connectivity index (χ0v) is 8.63. The molecule has 0 heterocycles. The lowest BCUT2D eigenvalue weighted by Crippen LogP contribution is -2.60. The summed E-state index contributed by atoms with van der Waals surface area (Å²) in [4.78, 5) is 0. The zero-order valence-electron chi connectivity index (χ0n) is 8.63. The molecule has 0 aromatic rings. The van der Waals surface area contributed by atoms with Gasteiger partial charge in [-0.15, -0.1) is 0 Å². The van der Waals surface area contributed by atoms with Crippen LogP contribution in [0.1, 0.15) is 44.9 Å². The molecule has 0 radical (unpaired) electrons. The van der Waals surface area contributed by atoms with Crippen molar-refractivity contribution in [3.8, 4) is 6.07 Å². The van der Waals surface area contributed by atoms with Gasteiger partial charge in [-0.2, -0.15) is 5.26 Å². The molecule has 0 bridgehead atoms. The van der Waals surface area contributed by atoms with Gasteiger partial charge in [0.1, 0.15) is 0 Å². The van der Waals surface area contributed by atoms with Gasteiger partial charge >= 0.3 is 0 Å².